The highest BCUT2D eigenvalue weighted by Crippen LogP contribution is 2.29. The van der Waals surface area contributed by atoms with Gasteiger partial charge in [0, 0.05) is 37.8 Å². The molecule has 18 heavy (non-hydrogen) atoms. The zero-order valence-corrected chi connectivity index (χ0v) is 10.8. The van der Waals surface area contributed by atoms with Gasteiger partial charge in [0.15, 0.2) is 0 Å². The van der Waals surface area contributed by atoms with E-state index in [1.54, 1.807) is 6.33 Å². The lowest BCUT2D eigenvalue weighted by atomic mass is 10.2. The molecular weight excluding hydrogens is 228 g/mol. The molecule has 1 aromatic rings. The second kappa shape index (κ2) is 4.70. The SMILES string of the molecule is Cc1c(NN)ncnc1N1CCN(C2CC2)CC1. The van der Waals surface area contributed by atoms with Crippen LogP contribution < -0.4 is 16.2 Å². The summed E-state index contributed by atoms with van der Waals surface area (Å²) in [6, 6.07) is 0.861. The van der Waals surface area contributed by atoms with Gasteiger partial charge >= 0.3 is 0 Å². The minimum atomic E-state index is 0.713. The molecule has 0 amide bonds. The molecule has 6 heteroatoms. The largest absolute Gasteiger partial charge is 0.354 e. The maximum absolute atomic E-state index is 5.45. The zero-order chi connectivity index (χ0) is 12.5. The molecule has 0 aromatic carbocycles. The average Bonchev–Trinajstić information content (AvgIpc) is 3.24. The van der Waals surface area contributed by atoms with Crippen molar-refractivity contribution in [1.82, 2.24) is 14.9 Å². The Bertz CT molecular complexity index is 423. The minimum absolute atomic E-state index is 0.713. The first-order valence-electron chi connectivity index (χ1n) is 6.57. The second-order valence-corrected chi connectivity index (χ2v) is 5.07. The van der Waals surface area contributed by atoms with Crippen LogP contribution >= 0.6 is 0 Å². The van der Waals surface area contributed by atoms with E-state index in [9.17, 15) is 0 Å². The fourth-order valence-corrected chi connectivity index (χ4v) is 2.64. The number of hydrogen-bond acceptors (Lipinski definition) is 6. The Hall–Kier alpha value is -1.40. The van der Waals surface area contributed by atoms with Crippen molar-refractivity contribution in [3.63, 3.8) is 0 Å². The third-order valence-corrected chi connectivity index (χ3v) is 3.87. The molecule has 1 saturated carbocycles. The molecule has 0 spiro atoms. The van der Waals surface area contributed by atoms with Crippen molar-refractivity contribution in [3.05, 3.63) is 11.9 Å². The topological polar surface area (TPSA) is 70.3 Å². The summed E-state index contributed by atoms with van der Waals surface area (Å²) in [7, 11) is 0. The Morgan fingerprint density at radius 3 is 2.56 bits per heavy atom. The van der Waals surface area contributed by atoms with Gasteiger partial charge in [-0.3, -0.25) is 4.90 Å². The van der Waals surface area contributed by atoms with Crippen molar-refractivity contribution in [1.29, 1.82) is 0 Å². The quantitative estimate of drug-likeness (QED) is 0.594. The van der Waals surface area contributed by atoms with Crippen LogP contribution in [0.4, 0.5) is 11.6 Å². The molecule has 3 N–H and O–H groups in total. The van der Waals surface area contributed by atoms with Gasteiger partial charge < -0.3 is 10.3 Å². The lowest BCUT2D eigenvalue weighted by Crippen LogP contribution is -2.47. The Morgan fingerprint density at radius 2 is 1.94 bits per heavy atom. The molecule has 1 aliphatic carbocycles. The van der Waals surface area contributed by atoms with Gasteiger partial charge in [0.05, 0.1) is 0 Å². The molecule has 1 aliphatic heterocycles. The molecule has 0 radical (unpaired) electrons. The van der Waals surface area contributed by atoms with Gasteiger partial charge in [-0.05, 0) is 19.8 Å². The molecule has 0 bridgehead atoms. The third kappa shape index (κ3) is 2.13. The molecule has 6 nitrogen and oxygen atoms in total. The molecule has 98 valence electrons. The first-order valence-corrected chi connectivity index (χ1v) is 6.57. The van der Waals surface area contributed by atoms with E-state index >= 15 is 0 Å². The van der Waals surface area contributed by atoms with Gasteiger partial charge in [0.25, 0.3) is 0 Å². The Kier molecular flexibility index (Phi) is 3.05. The normalized spacial score (nSPS) is 21.1. The maximum Gasteiger partial charge on any atom is 0.148 e. The van der Waals surface area contributed by atoms with Crippen LogP contribution in [-0.4, -0.2) is 47.1 Å². The van der Waals surface area contributed by atoms with Crippen LogP contribution in [0.15, 0.2) is 6.33 Å². The van der Waals surface area contributed by atoms with Crippen LogP contribution in [0.1, 0.15) is 18.4 Å². The number of aromatic nitrogens is 2. The number of piperazine rings is 1. The van der Waals surface area contributed by atoms with E-state index in [2.05, 4.69) is 25.2 Å². The number of anilines is 2. The van der Waals surface area contributed by atoms with Crippen molar-refractivity contribution in [2.24, 2.45) is 5.84 Å². The maximum atomic E-state index is 5.45. The Morgan fingerprint density at radius 1 is 1.22 bits per heavy atom. The van der Waals surface area contributed by atoms with E-state index < -0.39 is 0 Å². The highest BCUT2D eigenvalue weighted by atomic mass is 15.3. The van der Waals surface area contributed by atoms with Crippen LogP contribution in [0.3, 0.4) is 0 Å². The van der Waals surface area contributed by atoms with Gasteiger partial charge in [0.1, 0.15) is 18.0 Å². The van der Waals surface area contributed by atoms with E-state index in [0.717, 1.165) is 43.6 Å². The number of hydrogen-bond donors (Lipinski definition) is 2. The highest BCUT2D eigenvalue weighted by molar-refractivity contribution is 5.57. The summed E-state index contributed by atoms with van der Waals surface area (Å²) in [6.45, 7) is 6.37. The van der Waals surface area contributed by atoms with E-state index in [0.29, 0.717) is 5.82 Å². The average molecular weight is 248 g/mol. The number of rotatable bonds is 3. The number of nitrogens with zero attached hydrogens (tertiary/aromatic N) is 4. The zero-order valence-electron chi connectivity index (χ0n) is 10.8. The number of hydrazine groups is 1. The lowest BCUT2D eigenvalue weighted by molar-refractivity contribution is 0.247. The summed E-state index contributed by atoms with van der Waals surface area (Å²) in [5.41, 5.74) is 3.65. The van der Waals surface area contributed by atoms with E-state index in [-0.39, 0.29) is 0 Å². The van der Waals surface area contributed by atoms with Crippen molar-refractivity contribution in [3.8, 4) is 0 Å². The van der Waals surface area contributed by atoms with Crippen molar-refractivity contribution in [2.75, 3.05) is 36.5 Å². The summed E-state index contributed by atoms with van der Waals surface area (Å²) in [6.07, 6.45) is 4.34. The summed E-state index contributed by atoms with van der Waals surface area (Å²) in [4.78, 5) is 13.4. The fourth-order valence-electron chi connectivity index (χ4n) is 2.64. The Labute approximate surface area is 107 Å². The second-order valence-electron chi connectivity index (χ2n) is 5.07. The summed E-state index contributed by atoms with van der Waals surface area (Å²) < 4.78 is 0. The smallest absolute Gasteiger partial charge is 0.148 e. The summed E-state index contributed by atoms with van der Waals surface area (Å²) in [5.74, 6) is 7.17. The summed E-state index contributed by atoms with van der Waals surface area (Å²) >= 11 is 0. The molecule has 0 atom stereocenters. The molecule has 1 aromatic heterocycles. The van der Waals surface area contributed by atoms with Crippen LogP contribution in [0.25, 0.3) is 0 Å². The third-order valence-electron chi connectivity index (χ3n) is 3.87. The number of nitrogen functional groups attached to an aromatic ring is 1. The molecule has 3 rings (SSSR count). The molecule has 0 unspecified atom stereocenters. The van der Waals surface area contributed by atoms with E-state index in [1.165, 1.54) is 12.8 Å². The minimum Gasteiger partial charge on any atom is -0.354 e. The number of nitrogens with one attached hydrogen (secondary N) is 1. The van der Waals surface area contributed by atoms with Gasteiger partial charge in [-0.25, -0.2) is 15.8 Å². The Balaban J connectivity index is 1.71. The summed E-state index contributed by atoms with van der Waals surface area (Å²) in [5, 5.41) is 0. The predicted molar refractivity (Wildman–Crippen MR) is 71.4 cm³/mol. The van der Waals surface area contributed by atoms with Crippen molar-refractivity contribution < 1.29 is 0 Å². The van der Waals surface area contributed by atoms with Crippen LogP contribution in [0.2, 0.25) is 0 Å². The monoisotopic (exact) mass is 248 g/mol. The molecule has 2 fully saturated rings. The van der Waals surface area contributed by atoms with Gasteiger partial charge in [-0.15, -0.1) is 0 Å². The van der Waals surface area contributed by atoms with Gasteiger partial charge in [0.2, 0.25) is 0 Å². The predicted octanol–water partition coefficient (Wildman–Crippen LogP) is 0.355. The first kappa shape index (κ1) is 11.7. The molecular formula is C12H20N6. The number of nitrogens with two attached hydrogens (primary N) is 1. The van der Waals surface area contributed by atoms with Crippen LogP contribution in [0, 0.1) is 6.92 Å². The van der Waals surface area contributed by atoms with Crippen LogP contribution in [0.5, 0.6) is 0 Å². The van der Waals surface area contributed by atoms with Gasteiger partial charge in [-0.2, -0.15) is 0 Å². The standard InChI is InChI=1S/C12H20N6/c1-9-11(16-13)14-8-15-12(9)18-6-4-17(5-7-18)10-2-3-10/h8,10H,2-7,13H2,1H3,(H,14,15,16). The molecule has 2 aliphatic rings. The molecule has 2 heterocycles. The van der Waals surface area contributed by atoms with Crippen molar-refractivity contribution >= 4 is 11.6 Å². The first-order chi connectivity index (χ1) is 8.79. The van der Waals surface area contributed by atoms with E-state index in [1.807, 2.05) is 6.92 Å². The fraction of sp³-hybridized carbons (Fsp3) is 0.667. The van der Waals surface area contributed by atoms with Gasteiger partial charge in [-0.1, -0.05) is 0 Å². The highest BCUT2D eigenvalue weighted by Gasteiger charge is 2.31. The van der Waals surface area contributed by atoms with E-state index in [4.69, 9.17) is 5.84 Å². The molecule has 1 saturated heterocycles. The van der Waals surface area contributed by atoms with Crippen molar-refractivity contribution in [2.45, 2.75) is 25.8 Å². The lowest BCUT2D eigenvalue weighted by Gasteiger charge is -2.36. The van der Waals surface area contributed by atoms with Crippen LogP contribution in [-0.2, 0) is 0 Å².